The second-order valence-electron chi connectivity index (χ2n) is 7.11. The first-order chi connectivity index (χ1) is 13.5. The van der Waals surface area contributed by atoms with Crippen LogP contribution in [0.15, 0.2) is 42.5 Å². The van der Waals surface area contributed by atoms with Crippen molar-refractivity contribution in [2.24, 2.45) is 0 Å². The van der Waals surface area contributed by atoms with Crippen molar-refractivity contribution in [2.45, 2.75) is 26.2 Å². The van der Waals surface area contributed by atoms with Gasteiger partial charge in [0.15, 0.2) is 0 Å². The second-order valence-corrected chi connectivity index (χ2v) is 7.51. The minimum Gasteiger partial charge on any atom is -0.493 e. The Bertz CT molecular complexity index is 787. The zero-order chi connectivity index (χ0) is 19.9. The summed E-state index contributed by atoms with van der Waals surface area (Å²) >= 11 is 6.41. The predicted octanol–water partition coefficient (Wildman–Crippen LogP) is 4.71. The summed E-state index contributed by atoms with van der Waals surface area (Å²) in [5, 5.41) is 3.60. The average Bonchev–Trinajstić information content (AvgIpc) is 2.69. The van der Waals surface area contributed by atoms with Crippen LogP contribution >= 0.6 is 11.6 Å². The van der Waals surface area contributed by atoms with Crippen molar-refractivity contribution in [1.29, 1.82) is 0 Å². The number of nitrogens with zero attached hydrogens (tertiary/aromatic N) is 1. The van der Waals surface area contributed by atoms with Crippen LogP contribution in [0.1, 0.15) is 31.7 Å². The van der Waals surface area contributed by atoms with Gasteiger partial charge in [-0.1, -0.05) is 43.6 Å². The van der Waals surface area contributed by atoms with E-state index in [0.29, 0.717) is 30.8 Å². The van der Waals surface area contributed by atoms with Crippen molar-refractivity contribution in [3.63, 3.8) is 0 Å². The van der Waals surface area contributed by atoms with Crippen LogP contribution in [0.2, 0.25) is 5.02 Å². The topological polar surface area (TPSA) is 50.8 Å². The van der Waals surface area contributed by atoms with Crippen LogP contribution in [0, 0.1) is 0 Å². The van der Waals surface area contributed by atoms with E-state index in [1.165, 1.54) is 5.56 Å². The maximum absolute atomic E-state index is 12.4. The Morgan fingerprint density at radius 1 is 1.18 bits per heavy atom. The Balaban J connectivity index is 1.55. The summed E-state index contributed by atoms with van der Waals surface area (Å²) in [6.07, 6.45) is 0.265. The summed E-state index contributed by atoms with van der Waals surface area (Å²) in [6, 6.07) is 13.6. The molecule has 0 atom stereocenters. The number of ether oxygens (including phenoxy) is 2. The normalized spacial score (nSPS) is 14.2. The third kappa shape index (κ3) is 5.40. The van der Waals surface area contributed by atoms with Gasteiger partial charge in [0.2, 0.25) is 5.91 Å². The maximum Gasteiger partial charge on any atom is 0.227 e. The van der Waals surface area contributed by atoms with Crippen molar-refractivity contribution in [3.8, 4) is 5.75 Å². The van der Waals surface area contributed by atoms with Crippen LogP contribution in [0.3, 0.4) is 0 Å². The molecule has 1 heterocycles. The van der Waals surface area contributed by atoms with Gasteiger partial charge in [-0.05, 0) is 35.7 Å². The second kappa shape index (κ2) is 9.80. The number of morpholine rings is 1. The van der Waals surface area contributed by atoms with E-state index in [-0.39, 0.29) is 12.3 Å². The molecule has 0 saturated carbocycles. The zero-order valence-corrected chi connectivity index (χ0v) is 17.2. The zero-order valence-electron chi connectivity index (χ0n) is 16.4. The van der Waals surface area contributed by atoms with E-state index in [1.54, 1.807) is 0 Å². The van der Waals surface area contributed by atoms with Gasteiger partial charge in [0.05, 0.1) is 42.6 Å². The van der Waals surface area contributed by atoms with Gasteiger partial charge >= 0.3 is 0 Å². The van der Waals surface area contributed by atoms with Gasteiger partial charge in [0, 0.05) is 13.1 Å². The van der Waals surface area contributed by atoms with E-state index in [4.69, 9.17) is 21.1 Å². The molecule has 28 heavy (non-hydrogen) atoms. The van der Waals surface area contributed by atoms with Crippen LogP contribution in [0.4, 0.5) is 11.4 Å². The third-order valence-corrected chi connectivity index (χ3v) is 5.04. The lowest BCUT2D eigenvalue weighted by Gasteiger charge is -2.31. The highest BCUT2D eigenvalue weighted by molar-refractivity contribution is 6.34. The van der Waals surface area contributed by atoms with Crippen LogP contribution in [-0.4, -0.2) is 38.8 Å². The Kier molecular flexibility index (Phi) is 7.18. The molecule has 1 amide bonds. The Morgan fingerprint density at radius 2 is 1.89 bits per heavy atom. The van der Waals surface area contributed by atoms with E-state index >= 15 is 0 Å². The van der Waals surface area contributed by atoms with Crippen LogP contribution in [0.25, 0.3) is 0 Å². The lowest BCUT2D eigenvalue weighted by molar-refractivity contribution is -0.116. The number of hydrogen-bond donors (Lipinski definition) is 1. The van der Waals surface area contributed by atoms with Crippen LogP contribution in [-0.2, 0) is 9.53 Å². The molecule has 6 heteroatoms. The van der Waals surface area contributed by atoms with E-state index < -0.39 is 0 Å². The highest BCUT2D eigenvalue weighted by Gasteiger charge is 2.19. The van der Waals surface area contributed by atoms with Gasteiger partial charge in [-0.25, -0.2) is 0 Å². The summed E-state index contributed by atoms with van der Waals surface area (Å²) < 4.78 is 11.1. The fourth-order valence-corrected chi connectivity index (χ4v) is 3.44. The number of halogens is 1. The molecular weight excluding hydrogens is 376 g/mol. The minimum atomic E-state index is -0.101. The number of carbonyl (C=O) groups excluding carboxylic acids is 1. The summed E-state index contributed by atoms with van der Waals surface area (Å²) in [7, 11) is 0. The molecule has 1 saturated heterocycles. The molecule has 0 unspecified atom stereocenters. The SMILES string of the molecule is CC(C)c1ccc(OCCC(=O)Nc2cccc(Cl)c2N2CCOCC2)cc1. The van der Waals surface area contributed by atoms with E-state index in [0.717, 1.165) is 30.2 Å². The molecule has 5 nitrogen and oxygen atoms in total. The summed E-state index contributed by atoms with van der Waals surface area (Å²) in [4.78, 5) is 14.6. The quantitative estimate of drug-likeness (QED) is 0.728. The number of benzene rings is 2. The first-order valence-electron chi connectivity index (χ1n) is 9.68. The first kappa shape index (κ1) is 20.5. The van der Waals surface area contributed by atoms with Crippen molar-refractivity contribution < 1.29 is 14.3 Å². The molecule has 0 radical (unpaired) electrons. The van der Waals surface area contributed by atoms with Crippen LogP contribution < -0.4 is 15.0 Å². The Morgan fingerprint density at radius 3 is 2.57 bits per heavy atom. The summed E-state index contributed by atoms with van der Waals surface area (Å²) in [6.45, 7) is 7.44. The lowest BCUT2D eigenvalue weighted by Crippen LogP contribution is -2.37. The summed E-state index contributed by atoms with van der Waals surface area (Å²) in [5.74, 6) is 1.16. The highest BCUT2D eigenvalue weighted by Crippen LogP contribution is 2.34. The standard InChI is InChI=1S/C22H27ClN2O3/c1-16(2)17-6-8-18(9-7-17)28-13-10-21(26)24-20-5-3-4-19(23)22(20)25-11-14-27-15-12-25/h3-9,16H,10-15H2,1-2H3,(H,24,26). The van der Waals surface area contributed by atoms with Crippen molar-refractivity contribution in [3.05, 3.63) is 53.1 Å². The average molecular weight is 403 g/mol. The monoisotopic (exact) mass is 402 g/mol. The predicted molar refractivity (Wildman–Crippen MR) is 114 cm³/mol. The van der Waals surface area contributed by atoms with Crippen molar-refractivity contribution >= 4 is 28.9 Å². The van der Waals surface area contributed by atoms with Gasteiger partial charge in [-0.3, -0.25) is 4.79 Å². The molecule has 1 aliphatic heterocycles. The number of amides is 1. The number of nitrogens with one attached hydrogen (secondary N) is 1. The number of carbonyl (C=O) groups is 1. The number of hydrogen-bond acceptors (Lipinski definition) is 4. The molecule has 1 aliphatic rings. The van der Waals surface area contributed by atoms with Gasteiger partial charge in [-0.2, -0.15) is 0 Å². The highest BCUT2D eigenvalue weighted by atomic mass is 35.5. The molecular formula is C22H27ClN2O3. The largest absolute Gasteiger partial charge is 0.493 e. The smallest absolute Gasteiger partial charge is 0.227 e. The molecule has 3 rings (SSSR count). The molecule has 0 aromatic heterocycles. The fraction of sp³-hybridized carbons (Fsp3) is 0.409. The van der Waals surface area contributed by atoms with Crippen molar-refractivity contribution in [1.82, 2.24) is 0 Å². The molecule has 2 aromatic carbocycles. The molecule has 0 aliphatic carbocycles. The molecule has 1 fully saturated rings. The first-order valence-corrected chi connectivity index (χ1v) is 10.1. The van der Waals surface area contributed by atoms with Gasteiger partial charge in [-0.15, -0.1) is 0 Å². The number of rotatable bonds is 7. The minimum absolute atomic E-state index is 0.101. The van der Waals surface area contributed by atoms with E-state index in [2.05, 4.69) is 36.2 Å². The van der Waals surface area contributed by atoms with E-state index in [1.807, 2.05) is 30.3 Å². The van der Waals surface area contributed by atoms with Gasteiger partial charge < -0.3 is 19.7 Å². The lowest BCUT2D eigenvalue weighted by atomic mass is 10.0. The Labute approximate surface area is 171 Å². The third-order valence-electron chi connectivity index (χ3n) is 4.73. The molecule has 150 valence electrons. The van der Waals surface area contributed by atoms with Crippen molar-refractivity contribution in [2.75, 3.05) is 43.1 Å². The maximum atomic E-state index is 12.4. The van der Waals surface area contributed by atoms with Gasteiger partial charge in [0.25, 0.3) is 0 Å². The van der Waals surface area contributed by atoms with Crippen LogP contribution in [0.5, 0.6) is 5.75 Å². The molecule has 1 N–H and O–H groups in total. The number of para-hydroxylation sites is 1. The molecule has 2 aromatic rings. The Hall–Kier alpha value is -2.24. The summed E-state index contributed by atoms with van der Waals surface area (Å²) in [5.41, 5.74) is 2.84. The fourth-order valence-electron chi connectivity index (χ4n) is 3.15. The van der Waals surface area contributed by atoms with Gasteiger partial charge in [0.1, 0.15) is 5.75 Å². The number of anilines is 2. The van der Waals surface area contributed by atoms with E-state index in [9.17, 15) is 4.79 Å². The molecule has 0 spiro atoms. The molecule has 0 bridgehead atoms.